The van der Waals surface area contributed by atoms with Gasteiger partial charge < -0.3 is 24.2 Å². The van der Waals surface area contributed by atoms with E-state index in [1.807, 2.05) is 65.8 Å². The van der Waals surface area contributed by atoms with Crippen molar-refractivity contribution in [3.8, 4) is 11.5 Å². The van der Waals surface area contributed by atoms with Gasteiger partial charge in [-0.15, -0.1) is 0 Å². The minimum Gasteiger partial charge on any atom is -0.507 e. The molecule has 1 atom stereocenters. The zero-order valence-corrected chi connectivity index (χ0v) is 22.0. The number of aliphatic hydroxyl groups excluding tert-OH is 1. The maximum atomic E-state index is 13.3. The number of ketones is 1. The number of hydrogen-bond acceptors (Lipinski definition) is 6. The van der Waals surface area contributed by atoms with E-state index in [9.17, 15) is 14.7 Å². The van der Waals surface area contributed by atoms with Crippen molar-refractivity contribution in [2.24, 2.45) is 0 Å². The third-order valence-electron chi connectivity index (χ3n) is 6.01. The summed E-state index contributed by atoms with van der Waals surface area (Å²) < 4.78 is 17.1. The summed E-state index contributed by atoms with van der Waals surface area (Å²) in [5.41, 5.74) is 2.11. The molecule has 1 saturated heterocycles. The van der Waals surface area contributed by atoms with Crippen LogP contribution in [0.2, 0.25) is 0 Å². The maximum absolute atomic E-state index is 13.3. The van der Waals surface area contributed by atoms with Crippen LogP contribution in [0.3, 0.4) is 0 Å². The summed E-state index contributed by atoms with van der Waals surface area (Å²) in [6.45, 7) is 13.2. The summed E-state index contributed by atoms with van der Waals surface area (Å²) in [4.78, 5) is 27.9. The molecule has 36 heavy (non-hydrogen) atoms. The second-order valence-electron chi connectivity index (χ2n) is 9.26. The van der Waals surface area contributed by atoms with Gasteiger partial charge in [0.05, 0.1) is 37.5 Å². The first-order chi connectivity index (χ1) is 17.2. The maximum Gasteiger partial charge on any atom is 0.295 e. The van der Waals surface area contributed by atoms with Crippen molar-refractivity contribution < 1.29 is 28.9 Å². The molecule has 1 fully saturated rings. The molecule has 3 rings (SSSR count). The van der Waals surface area contributed by atoms with E-state index in [1.54, 1.807) is 18.2 Å². The van der Waals surface area contributed by atoms with E-state index in [0.29, 0.717) is 30.1 Å². The van der Waals surface area contributed by atoms with Crippen LogP contribution < -0.4 is 9.47 Å². The van der Waals surface area contributed by atoms with Gasteiger partial charge in [0.2, 0.25) is 0 Å². The number of nitrogens with zero attached hydrogens (tertiary/aromatic N) is 1. The molecule has 2 aromatic carbocycles. The Morgan fingerprint density at radius 2 is 1.72 bits per heavy atom. The van der Waals surface area contributed by atoms with Gasteiger partial charge in [0.15, 0.2) is 0 Å². The Hall–Kier alpha value is -3.32. The van der Waals surface area contributed by atoms with Crippen molar-refractivity contribution in [2.45, 2.75) is 59.6 Å². The predicted octanol–water partition coefficient (Wildman–Crippen LogP) is 5.45. The van der Waals surface area contributed by atoms with Crippen LogP contribution in [-0.2, 0) is 14.3 Å². The highest BCUT2D eigenvalue weighted by atomic mass is 16.5. The molecule has 0 bridgehead atoms. The highest BCUT2D eigenvalue weighted by molar-refractivity contribution is 6.46. The van der Waals surface area contributed by atoms with Gasteiger partial charge in [-0.2, -0.15) is 0 Å². The SMILES string of the molecule is CCOc1cccc(C2/C(=C(\O)c3ccc(OCC)c(C(C)C)c3)C(=O)C(=O)N2CCOC(C)C)c1. The Kier molecular flexibility index (Phi) is 9.15. The second kappa shape index (κ2) is 12.1. The van der Waals surface area contributed by atoms with Gasteiger partial charge in [-0.1, -0.05) is 26.0 Å². The van der Waals surface area contributed by atoms with Crippen LogP contribution in [0.1, 0.15) is 70.2 Å². The Balaban J connectivity index is 2.15. The molecule has 1 aliphatic rings. The molecule has 0 aromatic heterocycles. The van der Waals surface area contributed by atoms with E-state index in [1.165, 1.54) is 4.90 Å². The minimum absolute atomic E-state index is 0.0140. The van der Waals surface area contributed by atoms with Gasteiger partial charge in [0, 0.05) is 12.1 Å². The molecular weight excluding hydrogens is 458 g/mol. The molecule has 0 aliphatic carbocycles. The van der Waals surface area contributed by atoms with Crippen molar-refractivity contribution >= 4 is 17.4 Å². The largest absolute Gasteiger partial charge is 0.507 e. The summed E-state index contributed by atoms with van der Waals surface area (Å²) in [5, 5.41) is 11.4. The molecule has 2 aromatic rings. The number of amides is 1. The van der Waals surface area contributed by atoms with Crippen LogP contribution in [-0.4, -0.2) is 54.2 Å². The zero-order chi connectivity index (χ0) is 26.4. The number of hydrogen-bond donors (Lipinski definition) is 1. The summed E-state index contributed by atoms with van der Waals surface area (Å²) in [7, 11) is 0. The smallest absolute Gasteiger partial charge is 0.295 e. The molecular formula is C29H37NO6. The van der Waals surface area contributed by atoms with Crippen LogP contribution >= 0.6 is 0 Å². The quantitative estimate of drug-likeness (QED) is 0.253. The highest BCUT2D eigenvalue weighted by Crippen LogP contribution is 2.41. The highest BCUT2D eigenvalue weighted by Gasteiger charge is 2.46. The Bertz CT molecular complexity index is 1120. The molecule has 7 nitrogen and oxygen atoms in total. The number of benzene rings is 2. The van der Waals surface area contributed by atoms with Crippen molar-refractivity contribution in [1.82, 2.24) is 4.90 Å². The van der Waals surface area contributed by atoms with E-state index >= 15 is 0 Å². The first-order valence-electron chi connectivity index (χ1n) is 12.6. The molecule has 7 heteroatoms. The van der Waals surface area contributed by atoms with E-state index in [4.69, 9.17) is 14.2 Å². The fourth-order valence-electron chi connectivity index (χ4n) is 4.37. The minimum atomic E-state index is -0.768. The average molecular weight is 496 g/mol. The molecule has 1 heterocycles. The van der Waals surface area contributed by atoms with E-state index in [2.05, 4.69) is 0 Å². The molecule has 1 unspecified atom stereocenters. The first-order valence-corrected chi connectivity index (χ1v) is 12.6. The number of ether oxygens (including phenoxy) is 3. The van der Waals surface area contributed by atoms with Crippen molar-refractivity contribution in [3.05, 3.63) is 64.7 Å². The van der Waals surface area contributed by atoms with Gasteiger partial charge in [0.25, 0.3) is 11.7 Å². The van der Waals surface area contributed by atoms with Crippen molar-refractivity contribution in [2.75, 3.05) is 26.4 Å². The van der Waals surface area contributed by atoms with Crippen LogP contribution in [0.4, 0.5) is 0 Å². The normalized spacial score (nSPS) is 17.3. The number of carbonyl (C=O) groups excluding carboxylic acids is 2. The Labute approximate surface area is 213 Å². The van der Waals surface area contributed by atoms with E-state index in [0.717, 1.165) is 11.3 Å². The van der Waals surface area contributed by atoms with Crippen molar-refractivity contribution in [3.63, 3.8) is 0 Å². The van der Waals surface area contributed by atoms with Crippen LogP contribution in [0.15, 0.2) is 48.0 Å². The van der Waals surface area contributed by atoms with Crippen LogP contribution in [0.25, 0.3) is 5.76 Å². The van der Waals surface area contributed by atoms with Gasteiger partial charge in [-0.05, 0) is 75.1 Å². The summed E-state index contributed by atoms with van der Waals surface area (Å²) in [5.74, 6) is -0.0981. The van der Waals surface area contributed by atoms with Gasteiger partial charge in [-0.3, -0.25) is 9.59 Å². The lowest BCUT2D eigenvalue weighted by Crippen LogP contribution is -2.33. The lowest BCUT2D eigenvalue weighted by atomic mass is 9.93. The molecule has 0 saturated carbocycles. The van der Waals surface area contributed by atoms with Crippen LogP contribution in [0, 0.1) is 0 Å². The monoisotopic (exact) mass is 495 g/mol. The molecule has 1 amide bonds. The van der Waals surface area contributed by atoms with Gasteiger partial charge >= 0.3 is 0 Å². The fraction of sp³-hybridized carbons (Fsp3) is 0.448. The third-order valence-corrected chi connectivity index (χ3v) is 6.01. The van der Waals surface area contributed by atoms with E-state index in [-0.39, 0.29) is 36.5 Å². The summed E-state index contributed by atoms with van der Waals surface area (Å²) in [6, 6.07) is 11.9. The Morgan fingerprint density at radius 1 is 1.00 bits per heavy atom. The van der Waals surface area contributed by atoms with Gasteiger partial charge in [0.1, 0.15) is 17.3 Å². The van der Waals surface area contributed by atoms with Gasteiger partial charge in [-0.25, -0.2) is 0 Å². The molecule has 0 spiro atoms. The van der Waals surface area contributed by atoms with Crippen molar-refractivity contribution in [1.29, 1.82) is 0 Å². The molecule has 194 valence electrons. The second-order valence-corrected chi connectivity index (χ2v) is 9.26. The standard InChI is InChI=1S/C29H37NO6/c1-7-34-22-11-9-10-20(16-22)26-25(28(32)29(33)30(26)14-15-36-19(5)6)27(31)21-12-13-24(35-8-2)23(17-21)18(3)4/h9-13,16-19,26,31H,7-8,14-15H2,1-6H3/b27-25+. The summed E-state index contributed by atoms with van der Waals surface area (Å²) in [6.07, 6.45) is -0.0140. The fourth-order valence-corrected chi connectivity index (χ4v) is 4.37. The summed E-state index contributed by atoms with van der Waals surface area (Å²) >= 11 is 0. The Morgan fingerprint density at radius 3 is 2.36 bits per heavy atom. The lowest BCUT2D eigenvalue weighted by molar-refractivity contribution is -0.140. The average Bonchev–Trinajstić information content (AvgIpc) is 3.09. The molecule has 0 radical (unpaired) electrons. The number of aliphatic hydroxyl groups is 1. The number of carbonyl (C=O) groups is 2. The molecule has 1 aliphatic heterocycles. The topological polar surface area (TPSA) is 85.3 Å². The van der Waals surface area contributed by atoms with Crippen LogP contribution in [0.5, 0.6) is 11.5 Å². The number of rotatable bonds is 11. The first kappa shape index (κ1) is 27.3. The number of likely N-dealkylation sites (tertiary alicyclic amines) is 1. The van der Waals surface area contributed by atoms with E-state index < -0.39 is 17.7 Å². The number of Topliss-reactive ketones (excluding diaryl/α,β-unsaturated/α-hetero) is 1. The zero-order valence-electron chi connectivity index (χ0n) is 22.0. The predicted molar refractivity (Wildman–Crippen MR) is 139 cm³/mol. The third kappa shape index (κ3) is 5.90. The molecule has 1 N–H and O–H groups in total. The lowest BCUT2D eigenvalue weighted by Gasteiger charge is -2.26.